The molecule has 2 heterocycles. The molecule has 1 atom stereocenters. The van der Waals surface area contributed by atoms with Crippen molar-refractivity contribution >= 4 is 17.3 Å². The van der Waals surface area contributed by atoms with Gasteiger partial charge in [-0.3, -0.25) is 9.78 Å². The number of aromatic nitrogens is 2. The van der Waals surface area contributed by atoms with E-state index >= 15 is 0 Å². The van der Waals surface area contributed by atoms with Crippen molar-refractivity contribution in [3.05, 3.63) is 35.6 Å². The summed E-state index contributed by atoms with van der Waals surface area (Å²) in [5.74, 6) is -0.923. The quantitative estimate of drug-likeness (QED) is 0.860. The molecule has 0 aromatic carbocycles. The molecule has 2 aromatic heterocycles. The van der Waals surface area contributed by atoms with Crippen LogP contribution >= 0.6 is 11.3 Å². The van der Waals surface area contributed by atoms with Gasteiger partial charge in [0.25, 0.3) is 0 Å². The Hall–Kier alpha value is -1.79. The van der Waals surface area contributed by atoms with Crippen molar-refractivity contribution < 1.29 is 9.90 Å². The van der Waals surface area contributed by atoms with Crippen LogP contribution in [0.25, 0.3) is 10.6 Å². The number of carbonyl (C=O) groups is 1. The summed E-state index contributed by atoms with van der Waals surface area (Å²) in [5.41, 5.74) is 7.25. The van der Waals surface area contributed by atoms with Gasteiger partial charge in [-0.25, -0.2) is 4.98 Å². The van der Waals surface area contributed by atoms with E-state index in [1.807, 2.05) is 12.1 Å². The highest BCUT2D eigenvalue weighted by Gasteiger charge is 2.14. The van der Waals surface area contributed by atoms with Gasteiger partial charge in [-0.2, -0.15) is 0 Å². The van der Waals surface area contributed by atoms with E-state index in [0.29, 0.717) is 5.69 Å². The van der Waals surface area contributed by atoms with Crippen molar-refractivity contribution in [3.8, 4) is 10.6 Å². The van der Waals surface area contributed by atoms with Crippen LogP contribution in [0.4, 0.5) is 0 Å². The molecule has 17 heavy (non-hydrogen) atoms. The summed E-state index contributed by atoms with van der Waals surface area (Å²) >= 11 is 1.43. The van der Waals surface area contributed by atoms with Crippen LogP contribution in [-0.4, -0.2) is 21.0 Å². The molecule has 0 spiro atoms. The van der Waals surface area contributed by atoms with E-state index in [1.54, 1.807) is 17.8 Å². The number of carboxylic acid groups (broad SMARTS) is 1. The second-order valence-corrected chi connectivity index (χ2v) is 4.38. The lowest BCUT2D eigenvalue weighted by Crippen LogP contribution is -2.15. The lowest BCUT2D eigenvalue weighted by atomic mass is 10.2. The van der Waals surface area contributed by atoms with Gasteiger partial charge in [0.05, 0.1) is 18.2 Å². The molecule has 0 amide bonds. The van der Waals surface area contributed by atoms with E-state index in [4.69, 9.17) is 10.8 Å². The molecule has 0 fully saturated rings. The SMILES string of the molecule is NC(CC(=O)O)c1csc(-c2cccnc2)n1. The molecule has 0 aliphatic heterocycles. The van der Waals surface area contributed by atoms with Crippen LogP contribution in [-0.2, 0) is 4.79 Å². The molecular formula is C11H11N3O2S. The zero-order valence-electron chi connectivity index (χ0n) is 8.91. The molecule has 88 valence electrons. The van der Waals surface area contributed by atoms with E-state index in [2.05, 4.69) is 9.97 Å². The number of rotatable bonds is 4. The number of hydrogen-bond donors (Lipinski definition) is 2. The fraction of sp³-hybridized carbons (Fsp3) is 0.182. The molecule has 0 bridgehead atoms. The maximum absolute atomic E-state index is 10.5. The Labute approximate surface area is 102 Å². The molecule has 0 aliphatic carbocycles. The van der Waals surface area contributed by atoms with E-state index < -0.39 is 12.0 Å². The maximum atomic E-state index is 10.5. The van der Waals surface area contributed by atoms with Crippen molar-refractivity contribution in [1.82, 2.24) is 9.97 Å². The Morgan fingerprint density at radius 3 is 3.06 bits per heavy atom. The van der Waals surface area contributed by atoms with Crippen LogP contribution in [0.2, 0.25) is 0 Å². The van der Waals surface area contributed by atoms with E-state index in [9.17, 15) is 4.79 Å². The van der Waals surface area contributed by atoms with Gasteiger partial charge < -0.3 is 10.8 Å². The molecule has 1 unspecified atom stereocenters. The van der Waals surface area contributed by atoms with Crippen molar-refractivity contribution in [3.63, 3.8) is 0 Å². The molecule has 0 aliphatic rings. The fourth-order valence-electron chi connectivity index (χ4n) is 1.37. The van der Waals surface area contributed by atoms with Gasteiger partial charge >= 0.3 is 5.97 Å². The molecule has 2 aromatic rings. The Morgan fingerprint density at radius 2 is 2.41 bits per heavy atom. The Balaban J connectivity index is 2.19. The Kier molecular flexibility index (Phi) is 3.46. The second kappa shape index (κ2) is 5.03. The van der Waals surface area contributed by atoms with Crippen LogP contribution in [0.1, 0.15) is 18.2 Å². The van der Waals surface area contributed by atoms with Crippen molar-refractivity contribution in [2.75, 3.05) is 0 Å². The first-order valence-corrected chi connectivity index (χ1v) is 5.88. The van der Waals surface area contributed by atoms with E-state index in [-0.39, 0.29) is 6.42 Å². The minimum atomic E-state index is -0.923. The fourth-order valence-corrected chi connectivity index (χ4v) is 2.25. The van der Waals surface area contributed by atoms with Gasteiger partial charge in [0.15, 0.2) is 0 Å². The smallest absolute Gasteiger partial charge is 0.305 e. The highest BCUT2D eigenvalue weighted by molar-refractivity contribution is 7.13. The monoisotopic (exact) mass is 249 g/mol. The number of nitrogens with two attached hydrogens (primary N) is 1. The van der Waals surface area contributed by atoms with E-state index in [1.165, 1.54) is 11.3 Å². The summed E-state index contributed by atoms with van der Waals surface area (Å²) in [6, 6.07) is 3.17. The van der Waals surface area contributed by atoms with Crippen LogP contribution < -0.4 is 5.73 Å². The third-order valence-electron chi connectivity index (χ3n) is 2.20. The minimum Gasteiger partial charge on any atom is -0.481 e. The first-order valence-electron chi connectivity index (χ1n) is 5.00. The molecule has 0 saturated carbocycles. The Morgan fingerprint density at radius 1 is 1.59 bits per heavy atom. The second-order valence-electron chi connectivity index (χ2n) is 3.52. The van der Waals surface area contributed by atoms with Crippen LogP contribution in [0, 0.1) is 0 Å². The summed E-state index contributed by atoms with van der Waals surface area (Å²) in [5, 5.41) is 11.2. The molecule has 0 radical (unpaired) electrons. The first-order chi connectivity index (χ1) is 8.16. The average Bonchev–Trinajstić information content (AvgIpc) is 2.78. The predicted molar refractivity (Wildman–Crippen MR) is 64.5 cm³/mol. The van der Waals surface area contributed by atoms with Crippen LogP contribution in [0.15, 0.2) is 29.9 Å². The normalized spacial score (nSPS) is 12.3. The van der Waals surface area contributed by atoms with E-state index in [0.717, 1.165) is 10.6 Å². The minimum absolute atomic E-state index is 0.115. The number of nitrogens with zero attached hydrogens (tertiary/aromatic N) is 2. The van der Waals surface area contributed by atoms with Gasteiger partial charge in [-0.15, -0.1) is 11.3 Å². The largest absolute Gasteiger partial charge is 0.481 e. The van der Waals surface area contributed by atoms with Gasteiger partial charge in [-0.1, -0.05) is 0 Å². The zero-order chi connectivity index (χ0) is 12.3. The summed E-state index contributed by atoms with van der Waals surface area (Å²) in [6.45, 7) is 0. The summed E-state index contributed by atoms with van der Waals surface area (Å²) in [4.78, 5) is 18.9. The number of aliphatic carboxylic acids is 1. The number of pyridine rings is 1. The summed E-state index contributed by atoms with van der Waals surface area (Å²) in [7, 11) is 0. The summed E-state index contributed by atoms with van der Waals surface area (Å²) < 4.78 is 0. The number of hydrogen-bond acceptors (Lipinski definition) is 5. The van der Waals surface area contributed by atoms with Gasteiger partial charge in [-0.05, 0) is 12.1 Å². The van der Waals surface area contributed by atoms with Gasteiger partial charge in [0, 0.05) is 23.3 Å². The molecule has 3 N–H and O–H groups in total. The van der Waals surface area contributed by atoms with Gasteiger partial charge in [0.1, 0.15) is 5.01 Å². The van der Waals surface area contributed by atoms with Crippen molar-refractivity contribution in [1.29, 1.82) is 0 Å². The van der Waals surface area contributed by atoms with Gasteiger partial charge in [0.2, 0.25) is 0 Å². The topological polar surface area (TPSA) is 89.1 Å². The average molecular weight is 249 g/mol. The molecule has 5 nitrogen and oxygen atoms in total. The van der Waals surface area contributed by atoms with Crippen LogP contribution in [0.5, 0.6) is 0 Å². The number of carboxylic acids is 1. The lowest BCUT2D eigenvalue weighted by molar-refractivity contribution is -0.137. The molecular weight excluding hydrogens is 238 g/mol. The lowest BCUT2D eigenvalue weighted by Gasteiger charge is -2.03. The third kappa shape index (κ3) is 2.86. The standard InChI is InChI=1S/C11H11N3O2S/c12-8(4-10(15)16)9-6-17-11(14-9)7-2-1-3-13-5-7/h1-3,5-6,8H,4,12H2,(H,15,16). The van der Waals surface area contributed by atoms with Crippen molar-refractivity contribution in [2.45, 2.75) is 12.5 Å². The van der Waals surface area contributed by atoms with Crippen molar-refractivity contribution in [2.24, 2.45) is 5.73 Å². The van der Waals surface area contributed by atoms with Crippen LogP contribution in [0.3, 0.4) is 0 Å². The third-order valence-corrected chi connectivity index (χ3v) is 3.11. The Bertz CT molecular complexity index is 512. The highest BCUT2D eigenvalue weighted by atomic mass is 32.1. The first kappa shape index (κ1) is 11.7. The predicted octanol–water partition coefficient (Wildman–Crippen LogP) is 1.68. The zero-order valence-corrected chi connectivity index (χ0v) is 9.72. The highest BCUT2D eigenvalue weighted by Crippen LogP contribution is 2.25. The maximum Gasteiger partial charge on any atom is 0.305 e. The molecule has 6 heteroatoms. The molecule has 2 rings (SSSR count). The summed E-state index contributed by atoms with van der Waals surface area (Å²) in [6.07, 6.45) is 3.29. The molecule has 0 saturated heterocycles. The number of thiazole rings is 1.